The van der Waals surface area contributed by atoms with E-state index in [2.05, 4.69) is 4.98 Å². The molecule has 0 aliphatic rings. The molecule has 0 aliphatic heterocycles. The molecule has 0 unspecified atom stereocenters. The molecule has 94 valence electrons. The molecule has 0 fully saturated rings. The lowest BCUT2D eigenvalue weighted by Crippen LogP contribution is -2.18. The zero-order valence-corrected chi connectivity index (χ0v) is 11.4. The number of hydrogen-bond donors (Lipinski definition) is 1. The Morgan fingerprint density at radius 2 is 2.00 bits per heavy atom. The fourth-order valence-electron chi connectivity index (χ4n) is 1.73. The molecule has 0 atom stereocenters. The Morgan fingerprint density at radius 3 is 2.67 bits per heavy atom. The van der Waals surface area contributed by atoms with Gasteiger partial charge in [-0.25, -0.2) is 4.98 Å². The summed E-state index contributed by atoms with van der Waals surface area (Å²) >= 11 is 11.9. The minimum Gasteiger partial charge on any atom is -0.397 e. The Bertz CT molecular complexity index is 558. The Morgan fingerprint density at radius 1 is 1.28 bits per heavy atom. The van der Waals surface area contributed by atoms with Gasteiger partial charge < -0.3 is 10.6 Å². The Hall–Kier alpha value is -1.45. The van der Waals surface area contributed by atoms with Crippen LogP contribution in [0.25, 0.3) is 0 Å². The van der Waals surface area contributed by atoms with E-state index in [-0.39, 0.29) is 0 Å². The Kier molecular flexibility index (Phi) is 3.94. The first-order valence-electron chi connectivity index (χ1n) is 5.43. The van der Waals surface area contributed by atoms with Crippen LogP contribution in [0.1, 0.15) is 5.56 Å². The van der Waals surface area contributed by atoms with Crippen LogP contribution < -0.4 is 10.6 Å². The zero-order valence-electron chi connectivity index (χ0n) is 9.90. The van der Waals surface area contributed by atoms with Crippen LogP contribution in [-0.4, -0.2) is 12.0 Å². The largest absolute Gasteiger partial charge is 0.397 e. The van der Waals surface area contributed by atoms with Crippen LogP contribution in [0.15, 0.2) is 36.5 Å². The second-order valence-electron chi connectivity index (χ2n) is 4.01. The summed E-state index contributed by atoms with van der Waals surface area (Å²) in [5.74, 6) is 0. The maximum atomic E-state index is 6.12. The topological polar surface area (TPSA) is 42.2 Å². The molecule has 0 radical (unpaired) electrons. The average molecular weight is 282 g/mol. The van der Waals surface area contributed by atoms with E-state index >= 15 is 0 Å². The normalized spacial score (nSPS) is 10.4. The third-order valence-corrected chi connectivity index (χ3v) is 3.21. The molecular formula is C13H13Cl2N3. The van der Waals surface area contributed by atoms with Crippen molar-refractivity contribution in [1.82, 2.24) is 4.98 Å². The summed E-state index contributed by atoms with van der Waals surface area (Å²) in [6, 6.07) is 9.33. The molecule has 18 heavy (non-hydrogen) atoms. The lowest BCUT2D eigenvalue weighted by atomic mass is 10.2. The molecule has 1 heterocycles. The van der Waals surface area contributed by atoms with Gasteiger partial charge in [0, 0.05) is 25.4 Å². The summed E-state index contributed by atoms with van der Waals surface area (Å²) in [5, 5.41) is 1.00. The van der Waals surface area contributed by atoms with Gasteiger partial charge >= 0.3 is 0 Å². The SMILES string of the molecule is CN(Cc1cnc(Cl)cc1Cl)c1ccccc1N. The molecule has 0 aliphatic carbocycles. The molecule has 1 aromatic heterocycles. The fraction of sp³-hybridized carbons (Fsp3) is 0.154. The summed E-state index contributed by atoms with van der Waals surface area (Å²) in [6.45, 7) is 0.622. The predicted octanol–water partition coefficient (Wildman–Crippen LogP) is 3.61. The molecular weight excluding hydrogens is 269 g/mol. The van der Waals surface area contributed by atoms with Crippen LogP contribution in [0.2, 0.25) is 10.2 Å². The number of aromatic nitrogens is 1. The van der Waals surface area contributed by atoms with E-state index in [1.54, 1.807) is 12.3 Å². The summed E-state index contributed by atoms with van der Waals surface area (Å²) in [6.07, 6.45) is 1.68. The molecule has 5 heteroatoms. The van der Waals surface area contributed by atoms with Crippen LogP contribution in [-0.2, 0) is 6.54 Å². The zero-order chi connectivity index (χ0) is 13.1. The molecule has 0 spiro atoms. The van der Waals surface area contributed by atoms with Gasteiger partial charge in [-0.3, -0.25) is 0 Å². The molecule has 0 bridgehead atoms. The smallest absolute Gasteiger partial charge is 0.130 e. The van der Waals surface area contributed by atoms with E-state index in [4.69, 9.17) is 28.9 Å². The molecule has 2 rings (SSSR count). The molecule has 0 saturated heterocycles. The summed E-state index contributed by atoms with van der Waals surface area (Å²) < 4.78 is 0. The number of nitrogen functional groups attached to an aromatic ring is 1. The van der Waals surface area contributed by atoms with Gasteiger partial charge in [0.15, 0.2) is 0 Å². The van der Waals surface area contributed by atoms with Gasteiger partial charge in [-0.05, 0) is 18.2 Å². The highest BCUT2D eigenvalue weighted by Gasteiger charge is 2.08. The quantitative estimate of drug-likeness (QED) is 0.690. The molecule has 3 nitrogen and oxygen atoms in total. The highest BCUT2D eigenvalue weighted by Crippen LogP contribution is 2.25. The van der Waals surface area contributed by atoms with E-state index in [0.717, 1.165) is 16.9 Å². The number of hydrogen-bond acceptors (Lipinski definition) is 3. The highest BCUT2D eigenvalue weighted by atomic mass is 35.5. The van der Waals surface area contributed by atoms with Gasteiger partial charge in [-0.2, -0.15) is 0 Å². The Labute approximate surface area is 116 Å². The second-order valence-corrected chi connectivity index (χ2v) is 4.81. The number of pyridine rings is 1. The first kappa shape index (κ1) is 13.0. The number of rotatable bonds is 3. The molecule has 0 amide bonds. The van der Waals surface area contributed by atoms with Gasteiger partial charge in [0.1, 0.15) is 5.15 Å². The van der Waals surface area contributed by atoms with Crippen molar-refractivity contribution in [2.75, 3.05) is 17.7 Å². The third kappa shape index (κ3) is 2.86. The minimum absolute atomic E-state index is 0.394. The van der Waals surface area contributed by atoms with Gasteiger partial charge in [0.25, 0.3) is 0 Å². The van der Waals surface area contributed by atoms with Crippen LogP contribution >= 0.6 is 23.2 Å². The van der Waals surface area contributed by atoms with Crippen molar-refractivity contribution in [3.63, 3.8) is 0 Å². The van der Waals surface area contributed by atoms with Crippen molar-refractivity contribution in [1.29, 1.82) is 0 Å². The number of nitrogens with zero attached hydrogens (tertiary/aromatic N) is 2. The van der Waals surface area contributed by atoms with Crippen molar-refractivity contribution < 1.29 is 0 Å². The van der Waals surface area contributed by atoms with Gasteiger partial charge in [-0.15, -0.1) is 0 Å². The number of para-hydroxylation sites is 2. The van der Waals surface area contributed by atoms with E-state index in [1.807, 2.05) is 36.2 Å². The first-order chi connectivity index (χ1) is 8.58. The lowest BCUT2D eigenvalue weighted by molar-refractivity contribution is 0.917. The van der Waals surface area contributed by atoms with Gasteiger partial charge in [-0.1, -0.05) is 35.3 Å². The fourth-order valence-corrected chi connectivity index (χ4v) is 2.15. The summed E-state index contributed by atoms with van der Waals surface area (Å²) in [5.41, 5.74) is 8.53. The number of benzene rings is 1. The van der Waals surface area contributed by atoms with Crippen LogP contribution in [0.3, 0.4) is 0 Å². The van der Waals surface area contributed by atoms with Gasteiger partial charge in [0.2, 0.25) is 0 Å². The van der Waals surface area contributed by atoms with Crippen LogP contribution in [0, 0.1) is 0 Å². The van der Waals surface area contributed by atoms with E-state index in [9.17, 15) is 0 Å². The number of halogens is 2. The maximum absolute atomic E-state index is 6.12. The molecule has 0 saturated carbocycles. The van der Waals surface area contributed by atoms with Crippen molar-refractivity contribution in [3.8, 4) is 0 Å². The maximum Gasteiger partial charge on any atom is 0.130 e. The van der Waals surface area contributed by atoms with Gasteiger partial charge in [0.05, 0.1) is 16.4 Å². The van der Waals surface area contributed by atoms with Crippen LogP contribution in [0.4, 0.5) is 11.4 Å². The van der Waals surface area contributed by atoms with E-state index < -0.39 is 0 Å². The number of nitrogens with two attached hydrogens (primary N) is 1. The summed E-state index contributed by atoms with van der Waals surface area (Å²) in [7, 11) is 1.95. The van der Waals surface area contributed by atoms with E-state index in [1.165, 1.54) is 0 Å². The van der Waals surface area contributed by atoms with Crippen molar-refractivity contribution >= 4 is 34.6 Å². The van der Waals surface area contributed by atoms with Crippen molar-refractivity contribution in [3.05, 3.63) is 52.3 Å². The second kappa shape index (κ2) is 5.46. The lowest BCUT2D eigenvalue weighted by Gasteiger charge is -2.21. The van der Waals surface area contributed by atoms with Crippen molar-refractivity contribution in [2.45, 2.75) is 6.54 Å². The monoisotopic (exact) mass is 281 g/mol. The minimum atomic E-state index is 0.394. The van der Waals surface area contributed by atoms with Crippen molar-refractivity contribution in [2.24, 2.45) is 0 Å². The third-order valence-electron chi connectivity index (χ3n) is 2.65. The molecule has 2 aromatic rings. The average Bonchev–Trinajstić information content (AvgIpc) is 2.33. The first-order valence-corrected chi connectivity index (χ1v) is 6.19. The summed E-state index contributed by atoms with van der Waals surface area (Å²) in [4.78, 5) is 6.05. The standard InChI is InChI=1S/C13H13Cl2N3/c1-18(12-5-3-2-4-11(12)16)8-9-7-17-13(15)6-10(9)14/h2-7H,8,16H2,1H3. The molecule has 1 aromatic carbocycles. The van der Waals surface area contributed by atoms with Crippen LogP contribution in [0.5, 0.6) is 0 Å². The molecule has 2 N–H and O–H groups in total. The Balaban J connectivity index is 2.21. The van der Waals surface area contributed by atoms with E-state index in [0.29, 0.717) is 16.7 Å². The predicted molar refractivity (Wildman–Crippen MR) is 77.2 cm³/mol. The number of anilines is 2. The highest BCUT2D eigenvalue weighted by molar-refractivity contribution is 6.34.